The maximum absolute atomic E-state index is 10.6. The third-order valence-corrected chi connectivity index (χ3v) is 4.47. The summed E-state index contributed by atoms with van der Waals surface area (Å²) in [5.41, 5.74) is 1.67. The van der Waals surface area contributed by atoms with Gasteiger partial charge >= 0.3 is 5.97 Å². The molecule has 0 fully saturated rings. The zero-order valence-electron chi connectivity index (χ0n) is 9.93. The van der Waals surface area contributed by atoms with E-state index in [1.807, 2.05) is 29.8 Å². The van der Waals surface area contributed by atoms with Gasteiger partial charge in [0.15, 0.2) is 5.16 Å². The Labute approximate surface area is 127 Å². The number of aryl methyl sites for hydroxylation is 1. The van der Waals surface area contributed by atoms with E-state index in [0.717, 1.165) is 15.9 Å². The number of benzene rings is 1. The molecule has 0 atom stereocenters. The van der Waals surface area contributed by atoms with E-state index in [1.165, 1.54) is 11.8 Å². The standard InChI is InChI=1S/C12H10BrClN2O2S/c1-7-5-16(12(15-7)19-6-11(17)18)8-2-3-9(13)10(14)4-8/h2-5H,6H2,1H3,(H,17,18). The highest BCUT2D eigenvalue weighted by Crippen LogP contribution is 2.28. The average Bonchev–Trinajstić information content (AvgIpc) is 2.71. The first kappa shape index (κ1) is 14.4. The fraction of sp³-hybridized carbons (Fsp3) is 0.167. The van der Waals surface area contributed by atoms with Gasteiger partial charge in [-0.15, -0.1) is 0 Å². The second-order valence-corrected chi connectivity index (χ2v) is 6.02. The van der Waals surface area contributed by atoms with E-state index in [2.05, 4.69) is 20.9 Å². The van der Waals surface area contributed by atoms with Crippen molar-refractivity contribution in [3.8, 4) is 5.69 Å². The Kier molecular flexibility index (Phi) is 4.54. The van der Waals surface area contributed by atoms with Crippen LogP contribution in [0.1, 0.15) is 5.69 Å². The van der Waals surface area contributed by atoms with Crippen molar-refractivity contribution in [3.63, 3.8) is 0 Å². The topological polar surface area (TPSA) is 55.1 Å². The lowest BCUT2D eigenvalue weighted by Gasteiger charge is -2.07. The number of rotatable bonds is 4. The number of carboxylic acid groups (broad SMARTS) is 1. The fourth-order valence-corrected chi connectivity index (χ4v) is 2.70. The number of imidazole rings is 1. The summed E-state index contributed by atoms with van der Waals surface area (Å²) in [6.45, 7) is 1.86. The van der Waals surface area contributed by atoms with Crippen LogP contribution in [0.2, 0.25) is 5.02 Å². The van der Waals surface area contributed by atoms with Crippen molar-refractivity contribution >= 4 is 45.3 Å². The quantitative estimate of drug-likeness (QED) is 0.842. The minimum Gasteiger partial charge on any atom is -0.481 e. The monoisotopic (exact) mass is 360 g/mol. The molecule has 19 heavy (non-hydrogen) atoms. The molecule has 100 valence electrons. The van der Waals surface area contributed by atoms with Crippen molar-refractivity contribution < 1.29 is 9.90 Å². The summed E-state index contributed by atoms with van der Waals surface area (Å²) in [7, 11) is 0. The van der Waals surface area contributed by atoms with Gasteiger partial charge in [0.25, 0.3) is 0 Å². The third-order valence-electron chi connectivity index (χ3n) is 2.30. The van der Waals surface area contributed by atoms with Gasteiger partial charge < -0.3 is 5.11 Å². The van der Waals surface area contributed by atoms with Crippen LogP contribution in [0.5, 0.6) is 0 Å². The number of thioether (sulfide) groups is 1. The lowest BCUT2D eigenvalue weighted by atomic mass is 10.3. The Bertz CT molecular complexity index is 630. The van der Waals surface area contributed by atoms with Crippen molar-refractivity contribution in [3.05, 3.63) is 39.6 Å². The van der Waals surface area contributed by atoms with Crippen LogP contribution in [-0.2, 0) is 4.79 Å². The molecule has 0 amide bonds. The smallest absolute Gasteiger partial charge is 0.313 e. The van der Waals surface area contributed by atoms with Crippen molar-refractivity contribution in [2.24, 2.45) is 0 Å². The van der Waals surface area contributed by atoms with E-state index in [4.69, 9.17) is 16.7 Å². The van der Waals surface area contributed by atoms with E-state index in [1.54, 1.807) is 6.07 Å². The van der Waals surface area contributed by atoms with Gasteiger partial charge in [-0.05, 0) is 41.1 Å². The second kappa shape index (κ2) is 5.98. The average molecular weight is 362 g/mol. The van der Waals surface area contributed by atoms with Crippen molar-refractivity contribution in [2.75, 3.05) is 5.75 Å². The maximum Gasteiger partial charge on any atom is 0.313 e. The van der Waals surface area contributed by atoms with Crippen LogP contribution in [0.25, 0.3) is 5.69 Å². The van der Waals surface area contributed by atoms with Crippen molar-refractivity contribution in [1.29, 1.82) is 0 Å². The van der Waals surface area contributed by atoms with Gasteiger partial charge in [0.05, 0.1) is 16.5 Å². The molecule has 1 aromatic carbocycles. The normalized spacial score (nSPS) is 10.7. The molecule has 0 radical (unpaired) electrons. The Morgan fingerprint density at radius 2 is 2.32 bits per heavy atom. The van der Waals surface area contributed by atoms with Crippen LogP contribution in [0, 0.1) is 6.92 Å². The Hall–Kier alpha value is -0.980. The maximum atomic E-state index is 10.6. The molecule has 0 bridgehead atoms. The van der Waals surface area contributed by atoms with E-state index < -0.39 is 5.97 Å². The molecule has 0 aliphatic rings. The highest BCUT2D eigenvalue weighted by atomic mass is 79.9. The molecule has 0 aliphatic heterocycles. The summed E-state index contributed by atoms with van der Waals surface area (Å²) in [6, 6.07) is 5.54. The first-order valence-corrected chi connectivity index (χ1v) is 7.49. The van der Waals surface area contributed by atoms with Gasteiger partial charge in [0.1, 0.15) is 0 Å². The molecule has 1 N–H and O–H groups in total. The van der Waals surface area contributed by atoms with Crippen LogP contribution < -0.4 is 0 Å². The predicted octanol–water partition coefficient (Wildman–Crippen LogP) is 3.77. The number of carbonyl (C=O) groups is 1. The summed E-state index contributed by atoms with van der Waals surface area (Å²) in [5, 5.41) is 9.97. The number of halogens is 2. The molecule has 0 aliphatic carbocycles. The lowest BCUT2D eigenvalue weighted by Crippen LogP contribution is -2.01. The lowest BCUT2D eigenvalue weighted by molar-refractivity contribution is -0.133. The van der Waals surface area contributed by atoms with Gasteiger partial charge in [-0.2, -0.15) is 0 Å². The van der Waals surface area contributed by atoms with Crippen LogP contribution in [0.4, 0.5) is 0 Å². The largest absolute Gasteiger partial charge is 0.481 e. The SMILES string of the molecule is Cc1cn(-c2ccc(Br)c(Cl)c2)c(SCC(=O)O)n1. The van der Waals surface area contributed by atoms with Gasteiger partial charge in [0.2, 0.25) is 0 Å². The Balaban J connectivity index is 2.37. The predicted molar refractivity (Wildman–Crippen MR) is 79.4 cm³/mol. The molecule has 0 saturated carbocycles. The molecule has 1 aromatic heterocycles. The van der Waals surface area contributed by atoms with Gasteiger partial charge in [0, 0.05) is 16.4 Å². The van der Waals surface area contributed by atoms with Crippen LogP contribution in [0.15, 0.2) is 34.0 Å². The fourth-order valence-electron chi connectivity index (χ4n) is 1.52. The van der Waals surface area contributed by atoms with Crippen molar-refractivity contribution in [2.45, 2.75) is 12.1 Å². The molecular formula is C12H10BrClN2O2S. The van der Waals surface area contributed by atoms with Crippen LogP contribution >= 0.6 is 39.3 Å². The Morgan fingerprint density at radius 1 is 1.58 bits per heavy atom. The number of aliphatic carboxylic acids is 1. The van der Waals surface area contributed by atoms with E-state index in [-0.39, 0.29) is 5.75 Å². The summed E-state index contributed by atoms with van der Waals surface area (Å²) in [4.78, 5) is 15.0. The molecule has 2 aromatic rings. The number of hydrogen-bond donors (Lipinski definition) is 1. The summed E-state index contributed by atoms with van der Waals surface area (Å²) >= 11 is 10.6. The summed E-state index contributed by atoms with van der Waals surface area (Å²) in [6.07, 6.45) is 1.85. The van der Waals surface area contributed by atoms with E-state index >= 15 is 0 Å². The second-order valence-electron chi connectivity index (χ2n) is 3.82. The third kappa shape index (κ3) is 3.52. The number of carboxylic acids is 1. The molecule has 2 rings (SSSR count). The number of nitrogens with zero attached hydrogens (tertiary/aromatic N) is 2. The zero-order valence-corrected chi connectivity index (χ0v) is 13.1. The minimum atomic E-state index is -0.869. The molecule has 4 nitrogen and oxygen atoms in total. The highest BCUT2D eigenvalue weighted by molar-refractivity contribution is 9.10. The van der Waals surface area contributed by atoms with Gasteiger partial charge in [-0.25, -0.2) is 4.98 Å². The molecular weight excluding hydrogens is 352 g/mol. The first-order valence-electron chi connectivity index (χ1n) is 5.33. The Morgan fingerprint density at radius 3 is 2.95 bits per heavy atom. The molecule has 1 heterocycles. The van der Waals surface area contributed by atoms with Crippen LogP contribution in [-0.4, -0.2) is 26.4 Å². The minimum absolute atomic E-state index is 0.0271. The van der Waals surface area contributed by atoms with E-state index in [0.29, 0.717) is 10.2 Å². The molecule has 0 spiro atoms. The van der Waals surface area contributed by atoms with Crippen molar-refractivity contribution in [1.82, 2.24) is 9.55 Å². The van der Waals surface area contributed by atoms with Gasteiger partial charge in [-0.1, -0.05) is 23.4 Å². The molecule has 7 heteroatoms. The van der Waals surface area contributed by atoms with E-state index in [9.17, 15) is 4.79 Å². The highest BCUT2D eigenvalue weighted by Gasteiger charge is 2.11. The number of aromatic nitrogens is 2. The zero-order chi connectivity index (χ0) is 14.0. The summed E-state index contributed by atoms with van der Waals surface area (Å²) < 4.78 is 2.65. The summed E-state index contributed by atoms with van der Waals surface area (Å²) in [5.74, 6) is -0.896. The molecule has 0 unspecified atom stereocenters. The molecule has 0 saturated heterocycles. The first-order chi connectivity index (χ1) is 8.97. The number of hydrogen-bond acceptors (Lipinski definition) is 3. The van der Waals surface area contributed by atoms with Crippen LogP contribution in [0.3, 0.4) is 0 Å². The van der Waals surface area contributed by atoms with Gasteiger partial charge in [-0.3, -0.25) is 9.36 Å².